The van der Waals surface area contributed by atoms with Gasteiger partial charge in [-0.3, -0.25) is 9.59 Å². The molecule has 0 unspecified atom stereocenters. The van der Waals surface area contributed by atoms with Crippen LogP contribution in [0.4, 0.5) is 11.4 Å². The van der Waals surface area contributed by atoms with E-state index in [1.807, 2.05) is 31.2 Å². The van der Waals surface area contributed by atoms with Gasteiger partial charge >= 0.3 is 0 Å². The molecule has 0 bridgehead atoms. The molecule has 4 aromatic rings. The molecule has 0 aliphatic carbocycles. The van der Waals surface area contributed by atoms with E-state index in [2.05, 4.69) is 14.9 Å². The second-order valence-electron chi connectivity index (χ2n) is 9.43. The van der Waals surface area contributed by atoms with Crippen LogP contribution in [-0.2, 0) is 10.0 Å². The van der Waals surface area contributed by atoms with Crippen LogP contribution >= 0.6 is 0 Å². The van der Waals surface area contributed by atoms with Crippen LogP contribution in [0.3, 0.4) is 0 Å². The van der Waals surface area contributed by atoms with Gasteiger partial charge in [-0.1, -0.05) is 54.6 Å². The third kappa shape index (κ3) is 5.13. The number of sulfonamides is 1. The van der Waals surface area contributed by atoms with E-state index >= 15 is 0 Å². The van der Waals surface area contributed by atoms with E-state index in [9.17, 15) is 18.0 Å². The van der Waals surface area contributed by atoms with Gasteiger partial charge in [0.2, 0.25) is 0 Å². The Morgan fingerprint density at radius 2 is 1.34 bits per heavy atom. The van der Waals surface area contributed by atoms with Crippen molar-refractivity contribution in [3.8, 4) is 0 Å². The Balaban J connectivity index is 1.45. The van der Waals surface area contributed by atoms with Crippen LogP contribution in [0.1, 0.15) is 45.5 Å². The first-order valence-electron chi connectivity index (χ1n) is 12.6. The molecule has 1 aliphatic rings. The summed E-state index contributed by atoms with van der Waals surface area (Å²) in [7, 11) is -4.22. The van der Waals surface area contributed by atoms with Crippen molar-refractivity contribution in [1.29, 1.82) is 0 Å². The van der Waals surface area contributed by atoms with Gasteiger partial charge in [-0.05, 0) is 62.1 Å². The lowest BCUT2D eigenvalue weighted by Gasteiger charge is -2.30. The van der Waals surface area contributed by atoms with Crippen molar-refractivity contribution >= 4 is 44.0 Å². The number of carbonyl (C=O) groups excluding carboxylic acids is 2. The number of para-hydroxylation sites is 1. The minimum atomic E-state index is -4.22. The number of hydrogen-bond acceptors (Lipinski definition) is 5. The molecule has 4 aromatic carbocycles. The fourth-order valence-corrected chi connectivity index (χ4v) is 6.12. The summed E-state index contributed by atoms with van der Waals surface area (Å²) in [4.78, 5) is 28.3. The van der Waals surface area contributed by atoms with Gasteiger partial charge in [0.15, 0.2) is 0 Å². The van der Waals surface area contributed by atoms with E-state index in [0.717, 1.165) is 43.6 Å². The second-order valence-corrected chi connectivity index (χ2v) is 11.1. The van der Waals surface area contributed by atoms with Crippen LogP contribution in [-0.4, -0.2) is 33.3 Å². The highest BCUT2D eigenvalue weighted by Gasteiger charge is 2.25. The Bertz CT molecular complexity index is 1630. The molecule has 8 heteroatoms. The molecule has 2 amide bonds. The first-order valence-corrected chi connectivity index (χ1v) is 14.1. The Morgan fingerprint density at radius 1 is 0.711 bits per heavy atom. The molecule has 2 N–H and O–H groups in total. The molecular weight excluding hydrogens is 498 g/mol. The average molecular weight is 528 g/mol. The Kier molecular flexibility index (Phi) is 7.15. The van der Waals surface area contributed by atoms with Gasteiger partial charge in [0.25, 0.3) is 21.8 Å². The molecule has 1 heterocycles. The zero-order valence-electron chi connectivity index (χ0n) is 21.1. The summed E-state index contributed by atoms with van der Waals surface area (Å²) < 4.78 is 29.2. The number of anilines is 2. The van der Waals surface area contributed by atoms with Crippen LogP contribution in [0, 0.1) is 6.92 Å². The zero-order chi connectivity index (χ0) is 26.7. The van der Waals surface area contributed by atoms with Gasteiger partial charge in [0.1, 0.15) is 0 Å². The number of nitrogens with zero attached hydrogens (tertiary/aromatic N) is 1. The minimum absolute atomic E-state index is 0.0363. The van der Waals surface area contributed by atoms with Crippen molar-refractivity contribution in [3.63, 3.8) is 0 Å². The zero-order valence-corrected chi connectivity index (χ0v) is 21.9. The third-order valence-corrected chi connectivity index (χ3v) is 8.27. The first-order chi connectivity index (χ1) is 18.3. The lowest BCUT2D eigenvalue weighted by Crippen LogP contribution is -2.34. The summed E-state index contributed by atoms with van der Waals surface area (Å²) in [5.41, 5.74) is 2.91. The fourth-order valence-electron chi connectivity index (χ4n) is 4.94. The number of rotatable bonds is 6. The van der Waals surface area contributed by atoms with Gasteiger partial charge in [-0.25, -0.2) is 13.1 Å². The van der Waals surface area contributed by atoms with Crippen LogP contribution in [0.25, 0.3) is 10.8 Å². The lowest BCUT2D eigenvalue weighted by atomic mass is 10.1. The molecule has 38 heavy (non-hydrogen) atoms. The largest absolute Gasteiger partial charge is 0.371 e. The predicted octanol–water partition coefficient (Wildman–Crippen LogP) is 5.51. The number of nitrogens with one attached hydrogen (secondary N) is 2. The Hall–Kier alpha value is -4.17. The van der Waals surface area contributed by atoms with Crippen LogP contribution < -0.4 is 14.9 Å². The maximum Gasteiger partial charge on any atom is 0.267 e. The molecule has 0 atom stereocenters. The molecule has 0 spiro atoms. The number of amides is 2. The summed E-state index contributed by atoms with van der Waals surface area (Å²) in [6, 6.07) is 24.2. The molecule has 0 aromatic heterocycles. The van der Waals surface area contributed by atoms with Crippen molar-refractivity contribution in [2.75, 3.05) is 23.3 Å². The van der Waals surface area contributed by atoms with Gasteiger partial charge in [0, 0.05) is 40.8 Å². The first kappa shape index (κ1) is 25.5. The van der Waals surface area contributed by atoms with Crippen molar-refractivity contribution in [2.24, 2.45) is 0 Å². The van der Waals surface area contributed by atoms with Gasteiger partial charge in [0.05, 0.1) is 10.5 Å². The molecule has 194 valence electrons. The predicted molar refractivity (Wildman–Crippen MR) is 150 cm³/mol. The second kappa shape index (κ2) is 10.7. The standard InChI is InChI=1S/C30H29N3O4S/c1-21-11-3-4-12-22(21)29(34)31-26-17-18-28(24-14-6-5-13-23(24)26)38(36,37)32-30(35)25-15-7-8-16-27(25)33-19-9-2-10-20-33/h3-8,11-18H,2,9-10,19-20H2,1H3,(H,31,34)(H,32,35). The highest BCUT2D eigenvalue weighted by atomic mass is 32.2. The number of aryl methyl sites for hydroxylation is 1. The maximum absolute atomic E-state index is 13.5. The monoisotopic (exact) mass is 527 g/mol. The summed E-state index contributed by atoms with van der Waals surface area (Å²) in [5, 5.41) is 3.86. The molecular formula is C30H29N3O4S. The van der Waals surface area contributed by atoms with Gasteiger partial charge in [-0.15, -0.1) is 0 Å². The van der Waals surface area contributed by atoms with Crippen LogP contribution in [0.5, 0.6) is 0 Å². The molecule has 1 saturated heterocycles. The van der Waals surface area contributed by atoms with E-state index in [1.54, 1.807) is 54.6 Å². The van der Waals surface area contributed by atoms with Gasteiger partial charge < -0.3 is 10.2 Å². The molecule has 7 nitrogen and oxygen atoms in total. The SMILES string of the molecule is Cc1ccccc1C(=O)Nc1ccc(S(=O)(=O)NC(=O)c2ccccc2N2CCCCC2)c2ccccc12. The van der Waals surface area contributed by atoms with Crippen molar-refractivity contribution < 1.29 is 18.0 Å². The molecule has 0 saturated carbocycles. The maximum atomic E-state index is 13.5. The van der Waals surface area contributed by atoms with E-state index in [4.69, 9.17) is 0 Å². The fraction of sp³-hybridized carbons (Fsp3) is 0.200. The molecule has 0 radical (unpaired) electrons. The van der Waals surface area contributed by atoms with Gasteiger partial charge in [-0.2, -0.15) is 0 Å². The number of piperidine rings is 1. The average Bonchev–Trinajstić information content (AvgIpc) is 2.93. The summed E-state index contributed by atoms with van der Waals surface area (Å²) in [6.07, 6.45) is 3.22. The number of fused-ring (bicyclic) bond motifs is 1. The number of carbonyl (C=O) groups is 2. The Morgan fingerprint density at radius 3 is 2.08 bits per heavy atom. The Labute approximate surface area is 222 Å². The quantitative estimate of drug-likeness (QED) is 0.345. The van der Waals surface area contributed by atoms with Crippen molar-refractivity contribution in [2.45, 2.75) is 31.1 Å². The van der Waals surface area contributed by atoms with Crippen molar-refractivity contribution in [1.82, 2.24) is 4.72 Å². The summed E-state index contributed by atoms with van der Waals surface area (Å²) in [6.45, 7) is 3.52. The van der Waals surface area contributed by atoms with E-state index in [0.29, 0.717) is 27.6 Å². The van der Waals surface area contributed by atoms with E-state index in [1.165, 1.54) is 6.07 Å². The lowest BCUT2D eigenvalue weighted by molar-refractivity contribution is 0.0980. The topological polar surface area (TPSA) is 95.6 Å². The van der Waals surface area contributed by atoms with Crippen LogP contribution in [0.15, 0.2) is 89.8 Å². The smallest absolute Gasteiger partial charge is 0.267 e. The summed E-state index contributed by atoms with van der Waals surface area (Å²) >= 11 is 0. The van der Waals surface area contributed by atoms with Crippen molar-refractivity contribution in [3.05, 3.63) is 102 Å². The summed E-state index contributed by atoms with van der Waals surface area (Å²) in [5.74, 6) is -0.960. The highest BCUT2D eigenvalue weighted by molar-refractivity contribution is 7.90. The number of hydrogen-bond donors (Lipinski definition) is 2. The molecule has 1 aliphatic heterocycles. The third-order valence-electron chi connectivity index (χ3n) is 6.88. The highest BCUT2D eigenvalue weighted by Crippen LogP contribution is 2.31. The van der Waals surface area contributed by atoms with E-state index in [-0.39, 0.29) is 10.8 Å². The van der Waals surface area contributed by atoms with E-state index < -0.39 is 15.9 Å². The van der Waals surface area contributed by atoms with Crippen LogP contribution in [0.2, 0.25) is 0 Å². The molecule has 1 fully saturated rings. The minimum Gasteiger partial charge on any atom is -0.371 e. The number of benzene rings is 4. The molecule has 5 rings (SSSR count). The normalized spacial score (nSPS) is 13.8.